The normalized spacial score (nSPS) is 12.3. The minimum Gasteiger partial charge on any atom is -0.396 e. The summed E-state index contributed by atoms with van der Waals surface area (Å²) in [6.45, 7) is 7.34. The van der Waals surface area contributed by atoms with E-state index in [-0.39, 0.29) is 19.8 Å². The number of aliphatic hydroxyl groups is 5. The molecule has 0 aliphatic heterocycles. The molecule has 0 aromatic heterocycles. The largest absolute Gasteiger partial charge is 0.396 e. The van der Waals surface area contributed by atoms with Gasteiger partial charge in [-0.05, 0) is 19.3 Å². The highest BCUT2D eigenvalue weighted by molar-refractivity contribution is 4.50. The van der Waals surface area contributed by atoms with Gasteiger partial charge in [0.05, 0.1) is 25.9 Å². The summed E-state index contributed by atoms with van der Waals surface area (Å²) in [7, 11) is 0. The van der Waals surface area contributed by atoms with Crippen LogP contribution in [-0.4, -0.2) is 70.8 Å². The average molecular weight is 537 g/mol. The topological polar surface area (TPSA) is 110 Å². The summed E-state index contributed by atoms with van der Waals surface area (Å²) in [6.07, 6.45) is 25.9. The molecule has 0 aliphatic carbocycles. The minimum atomic E-state index is -0.715. The molecule has 0 radical (unpaired) electrons. The van der Waals surface area contributed by atoms with Crippen LogP contribution in [0.15, 0.2) is 0 Å². The summed E-state index contributed by atoms with van der Waals surface area (Å²) in [5, 5.41) is 42.7. The van der Waals surface area contributed by atoms with Gasteiger partial charge in [-0.15, -0.1) is 0 Å². The van der Waals surface area contributed by atoms with E-state index in [4.69, 9.17) is 30.3 Å². The maximum absolute atomic E-state index is 9.04. The van der Waals surface area contributed by atoms with Gasteiger partial charge < -0.3 is 30.3 Å². The van der Waals surface area contributed by atoms with E-state index in [1.165, 1.54) is 116 Å². The molecule has 2 atom stereocenters. The van der Waals surface area contributed by atoms with E-state index in [0.717, 1.165) is 12.8 Å². The number of rotatable bonds is 26. The number of hydrogen-bond acceptors (Lipinski definition) is 6. The summed E-state index contributed by atoms with van der Waals surface area (Å²) >= 11 is 0. The van der Waals surface area contributed by atoms with Gasteiger partial charge in [-0.25, -0.2) is 0 Å². The van der Waals surface area contributed by atoms with E-state index >= 15 is 0 Å². The lowest BCUT2D eigenvalue weighted by Crippen LogP contribution is -2.19. The average Bonchev–Trinajstić information content (AvgIpc) is 2.92. The smallest absolute Gasteiger partial charge is 0.100 e. The van der Waals surface area contributed by atoms with Crippen molar-refractivity contribution < 1.29 is 30.3 Å². The van der Waals surface area contributed by atoms with Crippen molar-refractivity contribution in [3.05, 3.63) is 0 Å². The van der Waals surface area contributed by atoms with Gasteiger partial charge in [-0.3, -0.25) is 0 Å². The Bertz CT molecular complexity index is 343. The van der Waals surface area contributed by atoms with Gasteiger partial charge in [0.25, 0.3) is 0 Å². The number of aliphatic hydroxyl groups excluding tert-OH is 5. The van der Waals surface area contributed by atoms with Crippen molar-refractivity contribution in [2.75, 3.05) is 33.0 Å². The van der Waals surface area contributed by atoms with Crippen LogP contribution >= 0.6 is 0 Å². The zero-order valence-electron chi connectivity index (χ0n) is 25.2. The molecule has 0 aromatic carbocycles. The Morgan fingerprint density at radius 2 is 0.811 bits per heavy atom. The predicted molar refractivity (Wildman–Crippen MR) is 158 cm³/mol. The second-order valence-corrected chi connectivity index (χ2v) is 10.2. The molecule has 0 fully saturated rings. The number of ether oxygens (including phenoxy) is 1. The monoisotopic (exact) mass is 537 g/mol. The molecule has 37 heavy (non-hydrogen) atoms. The molecule has 0 saturated heterocycles. The quantitative estimate of drug-likeness (QED) is 0.0767. The van der Waals surface area contributed by atoms with Crippen molar-refractivity contribution in [3.63, 3.8) is 0 Å². The Morgan fingerprint density at radius 1 is 0.459 bits per heavy atom. The van der Waals surface area contributed by atoms with E-state index in [2.05, 4.69) is 13.8 Å². The van der Waals surface area contributed by atoms with Crippen molar-refractivity contribution in [1.29, 1.82) is 0 Å². The van der Waals surface area contributed by atoms with Crippen LogP contribution in [-0.2, 0) is 4.74 Å². The van der Waals surface area contributed by atoms with Crippen LogP contribution in [0.2, 0.25) is 0 Å². The Kier molecular flexibility index (Phi) is 44.9. The van der Waals surface area contributed by atoms with Gasteiger partial charge in [0.15, 0.2) is 0 Å². The molecule has 0 spiro atoms. The summed E-state index contributed by atoms with van der Waals surface area (Å²) < 4.78 is 5.25. The van der Waals surface area contributed by atoms with E-state index in [1.54, 1.807) is 0 Å². The fourth-order valence-electron chi connectivity index (χ4n) is 3.69. The molecule has 228 valence electrons. The van der Waals surface area contributed by atoms with Gasteiger partial charge in [0.2, 0.25) is 0 Å². The van der Waals surface area contributed by atoms with Crippen molar-refractivity contribution in [2.45, 2.75) is 168 Å². The molecule has 6 heteroatoms. The minimum absolute atomic E-state index is 0.115. The Morgan fingerprint density at radius 3 is 1.11 bits per heavy atom. The molecule has 0 bridgehead atoms. The number of hydrogen-bond donors (Lipinski definition) is 5. The summed E-state index contributed by atoms with van der Waals surface area (Å²) in [4.78, 5) is 0. The van der Waals surface area contributed by atoms with Gasteiger partial charge in [0.1, 0.15) is 6.10 Å². The Balaban J connectivity index is -0.000000529. The zero-order valence-corrected chi connectivity index (χ0v) is 25.2. The van der Waals surface area contributed by atoms with Gasteiger partial charge >= 0.3 is 0 Å². The first-order valence-electron chi connectivity index (χ1n) is 15.8. The Hall–Kier alpha value is -0.240. The van der Waals surface area contributed by atoms with E-state index in [9.17, 15) is 0 Å². The van der Waals surface area contributed by atoms with Crippen molar-refractivity contribution in [1.82, 2.24) is 0 Å². The molecule has 0 amide bonds. The third kappa shape index (κ3) is 46.0. The molecular formula is C31H68O6. The first-order valence-corrected chi connectivity index (χ1v) is 15.8. The molecule has 2 unspecified atom stereocenters. The lowest BCUT2D eigenvalue weighted by Gasteiger charge is -2.07. The van der Waals surface area contributed by atoms with Crippen molar-refractivity contribution >= 4 is 0 Å². The third-order valence-electron chi connectivity index (χ3n) is 6.36. The number of unbranched alkanes of at least 4 members (excludes halogenated alkanes) is 18. The van der Waals surface area contributed by atoms with Gasteiger partial charge in [-0.2, -0.15) is 0 Å². The second-order valence-electron chi connectivity index (χ2n) is 10.2. The SMILES string of the molecule is CCC(O)CO.CCCCCCCCCCCCO.CCCCCCCCCCCCOCC(O)CO. The molecule has 0 aliphatic rings. The fraction of sp³-hybridized carbons (Fsp3) is 1.00. The predicted octanol–water partition coefficient (Wildman–Crippen LogP) is 6.93. The molecular weight excluding hydrogens is 468 g/mol. The summed E-state index contributed by atoms with van der Waals surface area (Å²) in [6, 6.07) is 0. The van der Waals surface area contributed by atoms with Crippen LogP contribution < -0.4 is 0 Å². The van der Waals surface area contributed by atoms with Crippen LogP contribution in [0.1, 0.15) is 156 Å². The van der Waals surface area contributed by atoms with Crippen LogP contribution in [0, 0.1) is 0 Å². The lowest BCUT2D eigenvalue weighted by atomic mass is 10.1. The van der Waals surface area contributed by atoms with Gasteiger partial charge in [0, 0.05) is 13.2 Å². The molecule has 5 N–H and O–H groups in total. The first kappa shape index (κ1) is 41.2. The highest BCUT2D eigenvalue weighted by Gasteiger charge is 2.00. The van der Waals surface area contributed by atoms with Crippen molar-refractivity contribution in [2.24, 2.45) is 0 Å². The van der Waals surface area contributed by atoms with E-state index in [1.807, 2.05) is 6.92 Å². The summed E-state index contributed by atoms with van der Waals surface area (Å²) in [5.74, 6) is 0. The standard InChI is InChI=1S/C15H32O3.C12H26O.C4H10O2/c1-2-3-4-5-6-7-8-9-10-11-12-18-14-15(17)13-16;1-2-3-4-5-6-7-8-9-10-11-12-13;1-2-4(6)3-5/h15-17H,2-14H2,1H3;13H,2-12H2,1H3;4-6H,2-3H2,1H3. The maximum Gasteiger partial charge on any atom is 0.100 e. The molecule has 0 rings (SSSR count). The highest BCUT2D eigenvalue weighted by Crippen LogP contribution is 2.11. The fourth-order valence-corrected chi connectivity index (χ4v) is 3.69. The van der Waals surface area contributed by atoms with Gasteiger partial charge in [-0.1, -0.05) is 136 Å². The van der Waals surface area contributed by atoms with Crippen molar-refractivity contribution in [3.8, 4) is 0 Å². The van der Waals surface area contributed by atoms with E-state index in [0.29, 0.717) is 19.6 Å². The molecule has 6 nitrogen and oxygen atoms in total. The highest BCUT2D eigenvalue weighted by atomic mass is 16.5. The van der Waals surface area contributed by atoms with E-state index < -0.39 is 12.2 Å². The molecule has 0 heterocycles. The Labute approximate surface area is 231 Å². The molecule has 0 saturated carbocycles. The third-order valence-corrected chi connectivity index (χ3v) is 6.36. The maximum atomic E-state index is 9.04. The van der Waals surface area contributed by atoms with Crippen LogP contribution in [0.25, 0.3) is 0 Å². The lowest BCUT2D eigenvalue weighted by molar-refractivity contribution is 0.00526. The summed E-state index contributed by atoms with van der Waals surface area (Å²) in [5.41, 5.74) is 0. The first-order chi connectivity index (χ1) is 18.0. The second kappa shape index (κ2) is 40.3. The van der Waals surface area contributed by atoms with Crippen LogP contribution in [0.4, 0.5) is 0 Å². The zero-order chi connectivity index (χ0) is 28.2. The van der Waals surface area contributed by atoms with Crippen LogP contribution in [0.5, 0.6) is 0 Å². The van der Waals surface area contributed by atoms with Crippen LogP contribution in [0.3, 0.4) is 0 Å². The molecule has 0 aromatic rings.